The van der Waals surface area contributed by atoms with Gasteiger partial charge in [0, 0.05) is 22.8 Å². The maximum Gasteiger partial charge on any atom is 0.162 e. The van der Waals surface area contributed by atoms with E-state index < -0.39 is 10.8 Å². The number of hydrogen-bond acceptors (Lipinski definition) is 4. The van der Waals surface area contributed by atoms with Crippen LogP contribution in [0.2, 0.25) is 0 Å². The Bertz CT molecular complexity index is 518. The average Bonchev–Trinajstić information content (AvgIpc) is 2.63. The molecule has 110 valence electrons. The largest absolute Gasteiger partial charge is 0.486 e. The molecule has 3 rings (SSSR count). The van der Waals surface area contributed by atoms with E-state index in [2.05, 4.69) is 12.2 Å². The zero-order chi connectivity index (χ0) is 13.9. The molecule has 2 unspecified atom stereocenters. The van der Waals surface area contributed by atoms with Crippen molar-refractivity contribution in [2.24, 2.45) is 0 Å². The van der Waals surface area contributed by atoms with Crippen molar-refractivity contribution in [2.45, 2.75) is 37.1 Å². The van der Waals surface area contributed by atoms with Crippen molar-refractivity contribution in [1.29, 1.82) is 0 Å². The van der Waals surface area contributed by atoms with Crippen LogP contribution in [0, 0.1) is 0 Å². The Kier molecular flexibility index (Phi) is 4.27. The van der Waals surface area contributed by atoms with E-state index in [-0.39, 0.29) is 6.04 Å². The topological polar surface area (TPSA) is 47.6 Å². The van der Waals surface area contributed by atoms with Gasteiger partial charge in [0.2, 0.25) is 0 Å². The average molecular weight is 295 g/mol. The fourth-order valence-electron chi connectivity index (χ4n) is 2.77. The van der Waals surface area contributed by atoms with Gasteiger partial charge in [0.1, 0.15) is 13.2 Å². The molecule has 2 heterocycles. The molecular weight excluding hydrogens is 274 g/mol. The van der Waals surface area contributed by atoms with Gasteiger partial charge in [-0.15, -0.1) is 0 Å². The Balaban J connectivity index is 2.00. The molecule has 0 saturated carbocycles. The van der Waals surface area contributed by atoms with Gasteiger partial charge in [0.25, 0.3) is 0 Å². The monoisotopic (exact) mass is 295 g/mol. The van der Waals surface area contributed by atoms with E-state index in [9.17, 15) is 4.21 Å². The first kappa shape index (κ1) is 13.9. The molecule has 0 aliphatic carbocycles. The van der Waals surface area contributed by atoms with Gasteiger partial charge in [0.15, 0.2) is 11.5 Å². The van der Waals surface area contributed by atoms with Crippen LogP contribution in [0.4, 0.5) is 0 Å². The predicted molar refractivity (Wildman–Crippen MR) is 79.0 cm³/mol. The van der Waals surface area contributed by atoms with Crippen LogP contribution in [0.15, 0.2) is 17.0 Å². The number of nitrogens with one attached hydrogen (secondary N) is 1. The molecule has 0 radical (unpaired) electrons. The third-order valence-corrected chi connectivity index (χ3v) is 5.26. The SMILES string of the molecule is CCCNC1CCCS(=O)c2cc3c(cc21)OCCO3. The summed E-state index contributed by atoms with van der Waals surface area (Å²) < 4.78 is 23.7. The van der Waals surface area contributed by atoms with Gasteiger partial charge in [0.05, 0.1) is 10.8 Å². The highest BCUT2D eigenvalue weighted by Gasteiger charge is 2.26. The highest BCUT2D eigenvalue weighted by Crippen LogP contribution is 2.39. The van der Waals surface area contributed by atoms with E-state index in [1.807, 2.05) is 12.1 Å². The van der Waals surface area contributed by atoms with Crippen molar-refractivity contribution in [3.05, 3.63) is 17.7 Å². The Hall–Kier alpha value is -1.07. The zero-order valence-electron chi connectivity index (χ0n) is 11.8. The Morgan fingerprint density at radius 2 is 2.05 bits per heavy atom. The lowest BCUT2D eigenvalue weighted by Crippen LogP contribution is -2.23. The van der Waals surface area contributed by atoms with Gasteiger partial charge < -0.3 is 14.8 Å². The molecule has 0 saturated heterocycles. The van der Waals surface area contributed by atoms with E-state index in [1.54, 1.807) is 0 Å². The summed E-state index contributed by atoms with van der Waals surface area (Å²) in [7, 11) is -0.932. The second-order valence-corrected chi connectivity index (χ2v) is 6.77. The predicted octanol–water partition coefficient (Wildman–Crippen LogP) is 2.40. The normalized spacial score (nSPS) is 24.9. The molecule has 0 amide bonds. The molecule has 2 atom stereocenters. The lowest BCUT2D eigenvalue weighted by molar-refractivity contribution is 0.170. The summed E-state index contributed by atoms with van der Waals surface area (Å²) in [6, 6.07) is 4.22. The van der Waals surface area contributed by atoms with Crippen LogP contribution in [-0.2, 0) is 10.8 Å². The summed E-state index contributed by atoms with van der Waals surface area (Å²) >= 11 is 0. The second kappa shape index (κ2) is 6.14. The molecule has 0 spiro atoms. The Morgan fingerprint density at radius 3 is 2.80 bits per heavy atom. The van der Waals surface area contributed by atoms with Gasteiger partial charge >= 0.3 is 0 Å². The number of benzene rings is 1. The Labute approximate surface area is 122 Å². The number of fused-ring (bicyclic) bond motifs is 2. The van der Waals surface area contributed by atoms with Gasteiger partial charge in [-0.25, -0.2) is 0 Å². The van der Waals surface area contributed by atoms with Gasteiger partial charge in [-0.1, -0.05) is 6.92 Å². The molecular formula is C15H21NO3S. The van der Waals surface area contributed by atoms with E-state index in [4.69, 9.17) is 9.47 Å². The molecule has 5 heteroatoms. The second-order valence-electron chi connectivity index (χ2n) is 5.23. The molecule has 2 aliphatic heterocycles. The first-order valence-electron chi connectivity index (χ1n) is 7.35. The highest BCUT2D eigenvalue weighted by molar-refractivity contribution is 7.85. The lowest BCUT2D eigenvalue weighted by atomic mass is 10.0. The van der Waals surface area contributed by atoms with Crippen molar-refractivity contribution in [2.75, 3.05) is 25.5 Å². The van der Waals surface area contributed by atoms with E-state index in [1.165, 1.54) is 0 Å². The minimum atomic E-state index is -0.932. The van der Waals surface area contributed by atoms with Gasteiger partial charge in [-0.05, 0) is 37.4 Å². The van der Waals surface area contributed by atoms with Gasteiger partial charge in [-0.3, -0.25) is 4.21 Å². The summed E-state index contributed by atoms with van der Waals surface area (Å²) in [5, 5.41) is 3.56. The van der Waals surface area contributed by atoms with E-state index in [0.717, 1.165) is 53.5 Å². The van der Waals surface area contributed by atoms with Crippen molar-refractivity contribution >= 4 is 10.8 Å². The minimum absolute atomic E-state index is 0.271. The van der Waals surface area contributed by atoms with Crippen LogP contribution >= 0.6 is 0 Å². The first-order valence-corrected chi connectivity index (χ1v) is 8.66. The summed E-state index contributed by atoms with van der Waals surface area (Å²) in [6.45, 7) is 4.29. The smallest absolute Gasteiger partial charge is 0.162 e. The van der Waals surface area contributed by atoms with Crippen molar-refractivity contribution in [3.63, 3.8) is 0 Å². The standard InChI is InChI=1S/C15H21NO3S/c1-2-5-16-12-4-3-8-20(17)15-10-14-13(9-11(12)15)18-6-7-19-14/h9-10,12,16H,2-8H2,1H3. The molecule has 0 bridgehead atoms. The molecule has 1 aromatic rings. The molecule has 4 nitrogen and oxygen atoms in total. The molecule has 20 heavy (non-hydrogen) atoms. The maximum atomic E-state index is 12.4. The highest BCUT2D eigenvalue weighted by atomic mass is 32.2. The number of ether oxygens (including phenoxy) is 2. The lowest BCUT2D eigenvalue weighted by Gasteiger charge is -2.23. The molecule has 0 fully saturated rings. The molecule has 2 aliphatic rings. The van der Waals surface area contributed by atoms with Crippen LogP contribution < -0.4 is 14.8 Å². The van der Waals surface area contributed by atoms with Crippen LogP contribution in [0.3, 0.4) is 0 Å². The number of rotatable bonds is 3. The van der Waals surface area contributed by atoms with Gasteiger partial charge in [-0.2, -0.15) is 0 Å². The fourth-order valence-corrected chi connectivity index (χ4v) is 4.12. The Morgan fingerprint density at radius 1 is 1.30 bits per heavy atom. The zero-order valence-corrected chi connectivity index (χ0v) is 12.6. The maximum absolute atomic E-state index is 12.4. The summed E-state index contributed by atoms with van der Waals surface area (Å²) in [5.74, 6) is 2.26. The van der Waals surface area contributed by atoms with Crippen molar-refractivity contribution in [1.82, 2.24) is 5.32 Å². The number of hydrogen-bond donors (Lipinski definition) is 1. The third kappa shape index (κ3) is 2.69. The van der Waals surface area contributed by atoms with Crippen LogP contribution in [0.1, 0.15) is 37.8 Å². The molecule has 0 aromatic heterocycles. The minimum Gasteiger partial charge on any atom is -0.486 e. The summed E-state index contributed by atoms with van der Waals surface area (Å²) in [5.41, 5.74) is 1.12. The fraction of sp³-hybridized carbons (Fsp3) is 0.600. The van der Waals surface area contributed by atoms with Crippen molar-refractivity contribution < 1.29 is 13.7 Å². The van der Waals surface area contributed by atoms with E-state index in [0.29, 0.717) is 13.2 Å². The first-order chi connectivity index (χ1) is 9.79. The quantitative estimate of drug-likeness (QED) is 0.930. The van der Waals surface area contributed by atoms with Crippen LogP contribution in [0.5, 0.6) is 11.5 Å². The third-order valence-electron chi connectivity index (χ3n) is 3.76. The summed E-state index contributed by atoms with van der Waals surface area (Å²) in [4.78, 5) is 0.917. The molecule has 1 N–H and O–H groups in total. The van der Waals surface area contributed by atoms with E-state index >= 15 is 0 Å². The van der Waals surface area contributed by atoms with Crippen LogP contribution in [0.25, 0.3) is 0 Å². The van der Waals surface area contributed by atoms with Crippen LogP contribution in [-0.4, -0.2) is 29.7 Å². The molecule has 1 aromatic carbocycles. The van der Waals surface area contributed by atoms with Crippen molar-refractivity contribution in [3.8, 4) is 11.5 Å². The summed E-state index contributed by atoms with van der Waals surface area (Å²) in [6.07, 6.45) is 3.10.